The molecular weight excluding hydrogens is 384 g/mol. The first kappa shape index (κ1) is 19.1. The number of hydrogen-bond acceptors (Lipinski definition) is 5. The van der Waals surface area contributed by atoms with Crippen molar-refractivity contribution in [3.8, 4) is 22.2 Å². The summed E-state index contributed by atoms with van der Waals surface area (Å²) in [6.45, 7) is 8.18. The average Bonchev–Trinajstić information content (AvgIpc) is 3.37. The van der Waals surface area contributed by atoms with Gasteiger partial charge in [-0.2, -0.15) is 0 Å². The molecule has 1 N–H and O–H groups in total. The summed E-state index contributed by atoms with van der Waals surface area (Å²) < 4.78 is 7.83. The molecule has 0 unspecified atom stereocenters. The minimum Gasteiger partial charge on any atom is -0.415 e. The Hall–Kier alpha value is -3.19. The fourth-order valence-corrected chi connectivity index (χ4v) is 4.13. The topological polar surface area (TPSA) is 73.0 Å². The van der Waals surface area contributed by atoms with Crippen molar-refractivity contribution in [1.29, 1.82) is 0 Å². The van der Waals surface area contributed by atoms with Crippen molar-refractivity contribution in [2.45, 2.75) is 34.2 Å². The highest BCUT2D eigenvalue weighted by molar-refractivity contribution is 7.13. The molecule has 0 aliphatic heterocycles. The maximum Gasteiger partial charge on any atom is 0.258 e. The zero-order valence-corrected chi connectivity index (χ0v) is 17.6. The number of rotatable bonds is 5. The van der Waals surface area contributed by atoms with Crippen LogP contribution in [-0.2, 0) is 11.3 Å². The molecule has 148 valence electrons. The fraction of sp³-hybridized carbons (Fsp3) is 0.227. The first-order valence-electron chi connectivity index (χ1n) is 9.33. The first-order chi connectivity index (χ1) is 13.9. The fourth-order valence-electron chi connectivity index (χ4n) is 3.48. The van der Waals surface area contributed by atoms with Crippen LogP contribution in [0.2, 0.25) is 0 Å². The zero-order chi connectivity index (χ0) is 20.5. The number of aromatic nitrogens is 3. The highest BCUT2D eigenvalue weighted by atomic mass is 32.1. The van der Waals surface area contributed by atoms with Crippen LogP contribution in [-0.4, -0.2) is 20.7 Å². The minimum absolute atomic E-state index is 0.0758. The Kier molecular flexibility index (Phi) is 5.07. The van der Waals surface area contributed by atoms with Crippen LogP contribution in [0.4, 0.5) is 5.69 Å². The Labute approximate surface area is 173 Å². The number of aryl methyl sites for hydroxylation is 3. The molecule has 1 amide bonds. The second-order valence-electron chi connectivity index (χ2n) is 7.19. The number of nitrogens with one attached hydrogen (secondary N) is 1. The van der Waals surface area contributed by atoms with Crippen LogP contribution in [0.25, 0.3) is 22.2 Å². The zero-order valence-electron chi connectivity index (χ0n) is 16.8. The van der Waals surface area contributed by atoms with Gasteiger partial charge in [-0.3, -0.25) is 4.79 Å². The van der Waals surface area contributed by atoms with Crippen LogP contribution in [0, 0.1) is 27.7 Å². The van der Waals surface area contributed by atoms with Crippen LogP contribution in [0.1, 0.15) is 22.5 Å². The SMILES string of the molecule is Cc1cc(C)cc(NC(=O)Cn2c(C)cc(-c3nnc(-c4cccs4)o3)c2C)c1. The Morgan fingerprint density at radius 1 is 1.07 bits per heavy atom. The normalized spacial score (nSPS) is 11.0. The highest BCUT2D eigenvalue weighted by Gasteiger charge is 2.19. The van der Waals surface area contributed by atoms with Gasteiger partial charge in [-0.1, -0.05) is 12.1 Å². The molecule has 7 heteroatoms. The highest BCUT2D eigenvalue weighted by Crippen LogP contribution is 2.30. The molecular formula is C22H22N4O2S. The molecule has 4 aromatic rings. The van der Waals surface area contributed by atoms with Crippen molar-refractivity contribution < 1.29 is 9.21 Å². The van der Waals surface area contributed by atoms with Gasteiger partial charge in [-0.05, 0) is 68.5 Å². The molecule has 0 spiro atoms. The molecule has 0 saturated heterocycles. The van der Waals surface area contributed by atoms with Crippen LogP contribution < -0.4 is 5.32 Å². The monoisotopic (exact) mass is 406 g/mol. The second-order valence-corrected chi connectivity index (χ2v) is 8.13. The number of anilines is 1. The molecule has 1 aromatic carbocycles. The number of amides is 1. The van der Waals surface area contributed by atoms with Crippen LogP contribution in [0.3, 0.4) is 0 Å². The van der Waals surface area contributed by atoms with Gasteiger partial charge >= 0.3 is 0 Å². The smallest absolute Gasteiger partial charge is 0.258 e. The van der Waals surface area contributed by atoms with Crippen molar-refractivity contribution in [2.24, 2.45) is 0 Å². The van der Waals surface area contributed by atoms with E-state index < -0.39 is 0 Å². The third-order valence-electron chi connectivity index (χ3n) is 4.77. The van der Waals surface area contributed by atoms with E-state index in [0.29, 0.717) is 11.8 Å². The predicted octanol–water partition coefficient (Wildman–Crippen LogP) is 5.14. The third kappa shape index (κ3) is 4.00. The van der Waals surface area contributed by atoms with E-state index in [4.69, 9.17) is 4.42 Å². The maximum atomic E-state index is 12.6. The van der Waals surface area contributed by atoms with E-state index in [1.54, 1.807) is 11.3 Å². The van der Waals surface area contributed by atoms with Gasteiger partial charge in [0.15, 0.2) is 0 Å². The molecule has 3 aromatic heterocycles. The molecule has 0 aliphatic rings. The van der Waals surface area contributed by atoms with Crippen LogP contribution in [0.15, 0.2) is 46.2 Å². The average molecular weight is 407 g/mol. The summed E-state index contributed by atoms with van der Waals surface area (Å²) in [5.74, 6) is 0.892. The number of nitrogens with zero attached hydrogens (tertiary/aromatic N) is 3. The van der Waals surface area contributed by atoms with Gasteiger partial charge < -0.3 is 14.3 Å². The van der Waals surface area contributed by atoms with E-state index in [-0.39, 0.29) is 12.5 Å². The predicted molar refractivity (Wildman–Crippen MR) is 115 cm³/mol. The lowest BCUT2D eigenvalue weighted by atomic mass is 10.1. The van der Waals surface area contributed by atoms with Crippen molar-refractivity contribution in [3.05, 3.63) is 64.3 Å². The first-order valence-corrected chi connectivity index (χ1v) is 10.2. The Balaban J connectivity index is 1.55. The van der Waals surface area contributed by atoms with E-state index in [0.717, 1.165) is 38.6 Å². The van der Waals surface area contributed by atoms with Gasteiger partial charge in [0.1, 0.15) is 6.54 Å². The van der Waals surface area contributed by atoms with E-state index in [1.165, 1.54) is 0 Å². The summed E-state index contributed by atoms with van der Waals surface area (Å²) in [7, 11) is 0. The second kappa shape index (κ2) is 7.67. The van der Waals surface area contributed by atoms with Crippen LogP contribution >= 0.6 is 11.3 Å². The molecule has 29 heavy (non-hydrogen) atoms. The number of hydrogen-bond donors (Lipinski definition) is 1. The quantitative estimate of drug-likeness (QED) is 0.498. The van der Waals surface area contributed by atoms with Gasteiger partial charge in [0.2, 0.25) is 11.8 Å². The van der Waals surface area contributed by atoms with Gasteiger partial charge in [-0.25, -0.2) is 0 Å². The van der Waals surface area contributed by atoms with Gasteiger partial charge in [0.05, 0.1) is 10.4 Å². The van der Waals surface area contributed by atoms with E-state index >= 15 is 0 Å². The molecule has 0 bridgehead atoms. The lowest BCUT2D eigenvalue weighted by Crippen LogP contribution is -2.20. The lowest BCUT2D eigenvalue weighted by molar-refractivity contribution is -0.116. The number of carbonyl (C=O) groups is 1. The minimum atomic E-state index is -0.0758. The standard InChI is InChI=1S/C22H22N4O2S/c1-13-8-14(2)10-17(9-13)23-20(27)12-26-15(3)11-18(16(26)4)21-24-25-22(28-21)19-6-5-7-29-19/h5-11H,12H2,1-4H3,(H,23,27). The number of thiophene rings is 1. The largest absolute Gasteiger partial charge is 0.415 e. The summed E-state index contributed by atoms with van der Waals surface area (Å²) >= 11 is 1.55. The Bertz CT molecular complexity index is 1150. The van der Waals surface area contributed by atoms with Crippen molar-refractivity contribution in [2.75, 3.05) is 5.32 Å². The number of benzene rings is 1. The third-order valence-corrected chi connectivity index (χ3v) is 5.63. The Morgan fingerprint density at radius 3 is 2.48 bits per heavy atom. The van der Waals surface area contributed by atoms with Crippen molar-refractivity contribution >= 4 is 22.9 Å². The summed E-state index contributed by atoms with van der Waals surface area (Å²) in [6, 6.07) is 11.9. The molecule has 0 fully saturated rings. The van der Waals surface area contributed by atoms with E-state index in [9.17, 15) is 4.79 Å². The summed E-state index contributed by atoms with van der Waals surface area (Å²) in [6.07, 6.45) is 0. The van der Waals surface area contributed by atoms with E-state index in [1.807, 2.05) is 68.0 Å². The van der Waals surface area contributed by atoms with Gasteiger partial charge in [0.25, 0.3) is 5.89 Å². The maximum absolute atomic E-state index is 12.6. The van der Waals surface area contributed by atoms with E-state index in [2.05, 4.69) is 21.6 Å². The Morgan fingerprint density at radius 2 is 1.79 bits per heavy atom. The van der Waals surface area contributed by atoms with Crippen molar-refractivity contribution in [1.82, 2.24) is 14.8 Å². The summed E-state index contributed by atoms with van der Waals surface area (Å²) in [5, 5.41) is 13.3. The van der Waals surface area contributed by atoms with Gasteiger partial charge in [0, 0.05) is 17.1 Å². The molecule has 0 saturated carbocycles. The number of carbonyl (C=O) groups excluding carboxylic acids is 1. The summed E-state index contributed by atoms with van der Waals surface area (Å²) in [5.41, 5.74) is 5.77. The van der Waals surface area contributed by atoms with Crippen LogP contribution in [0.5, 0.6) is 0 Å². The molecule has 0 aliphatic carbocycles. The molecule has 0 radical (unpaired) electrons. The van der Waals surface area contributed by atoms with Crippen molar-refractivity contribution in [3.63, 3.8) is 0 Å². The molecule has 6 nitrogen and oxygen atoms in total. The molecule has 3 heterocycles. The summed E-state index contributed by atoms with van der Waals surface area (Å²) in [4.78, 5) is 13.6. The molecule has 0 atom stereocenters. The molecule has 4 rings (SSSR count). The van der Waals surface area contributed by atoms with Gasteiger partial charge in [-0.15, -0.1) is 21.5 Å². The lowest BCUT2D eigenvalue weighted by Gasteiger charge is -2.11.